The molecule has 0 aromatic carbocycles. The molecule has 0 aromatic rings. The van der Waals surface area contributed by atoms with E-state index < -0.39 is 30.6 Å². The molecule has 0 aliphatic rings. The molecular weight excluding hydrogens is 273 g/mol. The van der Waals surface area contributed by atoms with Gasteiger partial charge in [-0.05, 0) is 13.8 Å². The second kappa shape index (κ2) is 6.79. The van der Waals surface area contributed by atoms with Crippen molar-refractivity contribution in [3.63, 3.8) is 0 Å². The Balaban J connectivity index is 4.29. The van der Waals surface area contributed by atoms with Crippen LogP contribution in [-0.2, 0) is 23.8 Å². The maximum atomic E-state index is 10.9. The van der Waals surface area contributed by atoms with E-state index in [2.05, 4.69) is 9.25 Å². The van der Waals surface area contributed by atoms with Gasteiger partial charge in [-0.25, -0.2) is 17.7 Å². The lowest BCUT2D eigenvalue weighted by Crippen LogP contribution is -2.37. The molecule has 0 unspecified atom stereocenters. The summed E-state index contributed by atoms with van der Waals surface area (Å²) in [5.74, 6) is 0. The zero-order chi connectivity index (χ0) is 13.7. The molecule has 10 heteroatoms. The van der Waals surface area contributed by atoms with E-state index in [0.717, 1.165) is 6.26 Å². The van der Waals surface area contributed by atoms with Crippen LogP contribution in [0.25, 0.3) is 0 Å². The Labute approximate surface area is 101 Å². The smallest absolute Gasteiger partial charge is 0.372 e. The van der Waals surface area contributed by atoms with Crippen molar-refractivity contribution in [1.29, 1.82) is 0 Å². The normalized spacial score (nSPS) is 15.2. The minimum atomic E-state index is -4.58. The first-order valence-electron chi connectivity index (χ1n) is 4.80. The molecule has 3 N–H and O–H groups in total. The molecule has 0 amide bonds. The standard InChI is InChI=1S/C7H18NO7PS/c1-6(2)15-7(4-8-17(3,12)13)5-14-16(9,10)11/h6-8H,4-5H2,1-3H3,(H2,9,10,11)/t7-/m0/s1. The molecule has 0 heterocycles. The third kappa shape index (κ3) is 12.2. The highest BCUT2D eigenvalue weighted by Crippen LogP contribution is 2.35. The fourth-order valence-corrected chi connectivity index (χ4v) is 1.80. The number of phosphoric ester groups is 1. The zero-order valence-electron chi connectivity index (χ0n) is 9.86. The van der Waals surface area contributed by atoms with Gasteiger partial charge in [-0.3, -0.25) is 4.52 Å². The van der Waals surface area contributed by atoms with Crippen LogP contribution < -0.4 is 4.72 Å². The van der Waals surface area contributed by atoms with Crippen molar-refractivity contribution in [1.82, 2.24) is 4.72 Å². The van der Waals surface area contributed by atoms with Crippen molar-refractivity contribution in [2.45, 2.75) is 26.1 Å². The molecule has 0 fully saturated rings. The van der Waals surface area contributed by atoms with Crippen LogP contribution in [0.4, 0.5) is 0 Å². The quantitative estimate of drug-likeness (QED) is 0.512. The van der Waals surface area contributed by atoms with Crippen LogP contribution in [0.2, 0.25) is 0 Å². The SMILES string of the molecule is CC(C)O[C@@H](CNS(C)(=O)=O)COP(=O)(O)O. The summed E-state index contributed by atoms with van der Waals surface area (Å²) in [4.78, 5) is 17.0. The summed E-state index contributed by atoms with van der Waals surface area (Å²) in [5.41, 5.74) is 0. The minimum absolute atomic E-state index is 0.114. The lowest BCUT2D eigenvalue weighted by atomic mass is 10.3. The van der Waals surface area contributed by atoms with Gasteiger partial charge in [-0.1, -0.05) is 0 Å². The van der Waals surface area contributed by atoms with Gasteiger partial charge in [0.2, 0.25) is 10.0 Å². The highest BCUT2D eigenvalue weighted by molar-refractivity contribution is 7.88. The van der Waals surface area contributed by atoms with Crippen LogP contribution in [0.1, 0.15) is 13.8 Å². The van der Waals surface area contributed by atoms with E-state index in [1.165, 1.54) is 0 Å². The second-order valence-corrected chi connectivity index (χ2v) is 6.79. The largest absolute Gasteiger partial charge is 0.469 e. The van der Waals surface area contributed by atoms with Crippen molar-refractivity contribution in [3.8, 4) is 0 Å². The molecule has 0 aliphatic carbocycles. The van der Waals surface area contributed by atoms with Gasteiger partial charge < -0.3 is 14.5 Å². The third-order valence-corrected chi connectivity index (χ3v) is 2.64. The number of hydrogen-bond acceptors (Lipinski definition) is 5. The number of nitrogens with one attached hydrogen (secondary N) is 1. The number of sulfonamides is 1. The lowest BCUT2D eigenvalue weighted by molar-refractivity contribution is -0.0190. The van der Waals surface area contributed by atoms with E-state index in [9.17, 15) is 13.0 Å². The molecule has 17 heavy (non-hydrogen) atoms. The predicted molar refractivity (Wildman–Crippen MR) is 60.9 cm³/mol. The van der Waals surface area contributed by atoms with Crippen LogP contribution in [0.3, 0.4) is 0 Å². The molecule has 0 rings (SSSR count). The molecule has 1 atom stereocenters. The molecule has 0 bridgehead atoms. The average molecular weight is 291 g/mol. The topological polar surface area (TPSA) is 122 Å². The van der Waals surface area contributed by atoms with Gasteiger partial charge in [0.1, 0.15) is 0 Å². The number of rotatable bonds is 8. The van der Waals surface area contributed by atoms with Crippen molar-refractivity contribution >= 4 is 17.8 Å². The number of hydrogen-bond donors (Lipinski definition) is 3. The van der Waals surface area contributed by atoms with Crippen LogP contribution in [0.15, 0.2) is 0 Å². The maximum absolute atomic E-state index is 10.9. The first-order valence-corrected chi connectivity index (χ1v) is 8.22. The molecule has 8 nitrogen and oxygen atoms in total. The van der Waals surface area contributed by atoms with Gasteiger partial charge in [-0.2, -0.15) is 0 Å². The average Bonchev–Trinajstić information content (AvgIpc) is 2.06. The molecule has 0 saturated heterocycles. The summed E-state index contributed by atoms with van der Waals surface area (Å²) in [6.07, 6.45) is -0.0115. The molecule has 0 aliphatic heterocycles. The summed E-state index contributed by atoms with van der Waals surface area (Å²) in [7, 11) is -7.97. The summed E-state index contributed by atoms with van der Waals surface area (Å²) >= 11 is 0. The zero-order valence-corrected chi connectivity index (χ0v) is 11.6. The molecular formula is C7H18NO7PS. The molecule has 0 saturated carbocycles. The van der Waals surface area contributed by atoms with E-state index in [4.69, 9.17) is 14.5 Å². The molecule has 104 valence electrons. The first-order chi connectivity index (χ1) is 7.49. The van der Waals surface area contributed by atoms with E-state index in [0.29, 0.717) is 0 Å². The van der Waals surface area contributed by atoms with Crippen molar-refractivity contribution < 1.29 is 32.0 Å². The monoisotopic (exact) mass is 291 g/mol. The van der Waals surface area contributed by atoms with Gasteiger partial charge >= 0.3 is 7.82 Å². The Kier molecular flexibility index (Phi) is 6.78. The minimum Gasteiger partial charge on any atom is -0.372 e. The fourth-order valence-electron chi connectivity index (χ4n) is 0.956. The lowest BCUT2D eigenvalue weighted by Gasteiger charge is -2.20. The first kappa shape index (κ1) is 17.0. The Morgan fingerprint density at radius 1 is 1.35 bits per heavy atom. The number of phosphoric acid groups is 1. The third-order valence-electron chi connectivity index (χ3n) is 1.47. The van der Waals surface area contributed by atoms with Crippen LogP contribution in [0, 0.1) is 0 Å². The molecule has 0 aromatic heterocycles. The van der Waals surface area contributed by atoms with E-state index in [1.807, 2.05) is 0 Å². The van der Waals surface area contributed by atoms with Crippen LogP contribution in [0.5, 0.6) is 0 Å². The van der Waals surface area contributed by atoms with E-state index >= 15 is 0 Å². The van der Waals surface area contributed by atoms with E-state index in [-0.39, 0.29) is 12.6 Å². The predicted octanol–water partition coefficient (Wildman–Crippen LogP) is -0.561. The van der Waals surface area contributed by atoms with Gasteiger partial charge in [0.05, 0.1) is 25.1 Å². The Hall–Kier alpha value is -0.0200. The van der Waals surface area contributed by atoms with Crippen LogP contribution in [-0.4, -0.2) is 49.8 Å². The fraction of sp³-hybridized carbons (Fsp3) is 1.00. The Bertz CT molecular complexity index is 362. The van der Waals surface area contributed by atoms with Gasteiger partial charge in [-0.15, -0.1) is 0 Å². The summed E-state index contributed by atoms with van der Waals surface area (Å²) < 4.78 is 43.9. The highest BCUT2D eigenvalue weighted by atomic mass is 32.2. The summed E-state index contributed by atoms with van der Waals surface area (Å²) in [6.45, 7) is 2.91. The van der Waals surface area contributed by atoms with Gasteiger partial charge in [0.15, 0.2) is 0 Å². The Morgan fingerprint density at radius 3 is 2.24 bits per heavy atom. The maximum Gasteiger partial charge on any atom is 0.469 e. The van der Waals surface area contributed by atoms with E-state index in [1.54, 1.807) is 13.8 Å². The molecule has 0 radical (unpaired) electrons. The van der Waals surface area contributed by atoms with Gasteiger partial charge in [0, 0.05) is 6.54 Å². The summed E-state index contributed by atoms with van der Waals surface area (Å²) in [5, 5.41) is 0. The summed E-state index contributed by atoms with van der Waals surface area (Å²) in [6, 6.07) is 0. The van der Waals surface area contributed by atoms with Gasteiger partial charge in [0.25, 0.3) is 0 Å². The van der Waals surface area contributed by atoms with Crippen molar-refractivity contribution in [2.75, 3.05) is 19.4 Å². The van der Waals surface area contributed by atoms with Crippen molar-refractivity contribution in [2.24, 2.45) is 0 Å². The highest BCUT2D eigenvalue weighted by Gasteiger charge is 2.20. The Morgan fingerprint density at radius 2 is 1.88 bits per heavy atom. The number of ether oxygens (including phenoxy) is 1. The van der Waals surface area contributed by atoms with Crippen LogP contribution >= 0.6 is 7.82 Å². The van der Waals surface area contributed by atoms with Crippen molar-refractivity contribution in [3.05, 3.63) is 0 Å². The molecule has 0 spiro atoms. The second-order valence-electron chi connectivity index (χ2n) is 3.71.